The van der Waals surface area contributed by atoms with Gasteiger partial charge in [-0.1, -0.05) is 15.9 Å². The Morgan fingerprint density at radius 2 is 2.14 bits per heavy atom. The van der Waals surface area contributed by atoms with E-state index in [1.807, 2.05) is 19.1 Å². The lowest BCUT2D eigenvalue weighted by Gasteiger charge is -2.09. The van der Waals surface area contributed by atoms with Crippen molar-refractivity contribution < 1.29 is 9.57 Å². The van der Waals surface area contributed by atoms with E-state index in [1.54, 1.807) is 7.11 Å². The van der Waals surface area contributed by atoms with Crippen LogP contribution in [0.25, 0.3) is 0 Å². The summed E-state index contributed by atoms with van der Waals surface area (Å²) in [6.07, 6.45) is 0.772. The van der Waals surface area contributed by atoms with E-state index in [4.69, 9.17) is 10.6 Å². The summed E-state index contributed by atoms with van der Waals surface area (Å²) in [6, 6.07) is 4.03. The van der Waals surface area contributed by atoms with Gasteiger partial charge >= 0.3 is 0 Å². The number of rotatable bonds is 4. The molecule has 0 heterocycles. The Labute approximate surface area is 92.3 Å². The molecule has 0 atom stereocenters. The Morgan fingerprint density at radius 3 is 2.71 bits per heavy atom. The van der Waals surface area contributed by atoms with E-state index in [9.17, 15) is 0 Å². The van der Waals surface area contributed by atoms with Crippen LogP contribution < -0.4 is 10.6 Å². The number of ether oxygens (including phenoxy) is 1. The molecule has 0 saturated heterocycles. The third kappa shape index (κ3) is 2.70. The van der Waals surface area contributed by atoms with E-state index in [1.165, 1.54) is 0 Å². The smallest absolute Gasteiger partial charge is 0.122 e. The average Bonchev–Trinajstić information content (AvgIpc) is 2.17. The van der Waals surface area contributed by atoms with Crippen LogP contribution in [-0.2, 0) is 11.3 Å². The Kier molecular flexibility index (Phi) is 4.38. The molecule has 2 N–H and O–H groups in total. The Bertz CT molecular complexity index is 315. The molecule has 4 heteroatoms. The molecule has 0 unspecified atom stereocenters. The molecule has 0 aliphatic heterocycles. The van der Waals surface area contributed by atoms with Crippen molar-refractivity contribution in [1.82, 2.24) is 0 Å². The molecule has 0 aliphatic carbocycles. The van der Waals surface area contributed by atoms with E-state index in [0.717, 1.165) is 27.8 Å². The maximum atomic E-state index is 5.23. The minimum Gasteiger partial charge on any atom is -0.496 e. The molecule has 1 aromatic carbocycles. The lowest BCUT2D eigenvalue weighted by molar-refractivity contribution is 0.141. The molecule has 3 nitrogen and oxygen atoms in total. The first-order valence-electron chi connectivity index (χ1n) is 4.33. The van der Waals surface area contributed by atoms with Gasteiger partial charge in [0.25, 0.3) is 0 Å². The molecule has 0 aromatic heterocycles. The van der Waals surface area contributed by atoms with E-state index >= 15 is 0 Å². The van der Waals surface area contributed by atoms with Gasteiger partial charge in [0.2, 0.25) is 0 Å². The number of halogens is 1. The highest BCUT2D eigenvalue weighted by Gasteiger charge is 2.05. The molecular weight excluding hydrogens is 246 g/mol. The predicted molar refractivity (Wildman–Crippen MR) is 59.3 cm³/mol. The monoisotopic (exact) mass is 259 g/mol. The minimum atomic E-state index is 0.505. The van der Waals surface area contributed by atoms with Gasteiger partial charge < -0.3 is 9.57 Å². The average molecular weight is 260 g/mol. The molecule has 0 radical (unpaired) electrons. The third-order valence-electron chi connectivity index (χ3n) is 2.05. The standard InChI is InChI=1S/C10H14BrNO2/c1-7-5-9(11)8(3-4-14-12)6-10(7)13-2/h5-6H,3-4,12H2,1-2H3. The molecule has 0 fully saturated rings. The first kappa shape index (κ1) is 11.5. The molecule has 0 bridgehead atoms. The number of nitrogens with two attached hydrogens (primary N) is 1. The second-order valence-electron chi connectivity index (χ2n) is 3.03. The Hall–Kier alpha value is -0.580. The van der Waals surface area contributed by atoms with Crippen LogP contribution >= 0.6 is 15.9 Å². The molecule has 0 saturated carbocycles. The number of hydrogen-bond donors (Lipinski definition) is 1. The Balaban J connectivity index is 2.92. The highest BCUT2D eigenvalue weighted by atomic mass is 79.9. The number of benzene rings is 1. The molecule has 0 aliphatic rings. The number of hydrogen-bond acceptors (Lipinski definition) is 3. The summed E-state index contributed by atoms with van der Waals surface area (Å²) in [5, 5.41) is 0. The second-order valence-corrected chi connectivity index (χ2v) is 3.89. The van der Waals surface area contributed by atoms with Gasteiger partial charge in [0, 0.05) is 4.47 Å². The summed E-state index contributed by atoms with van der Waals surface area (Å²) in [4.78, 5) is 4.54. The fraction of sp³-hybridized carbons (Fsp3) is 0.400. The topological polar surface area (TPSA) is 44.5 Å². The predicted octanol–water partition coefficient (Wildman–Crippen LogP) is 2.20. The molecule has 78 valence electrons. The van der Waals surface area contributed by atoms with Gasteiger partial charge in [0.15, 0.2) is 0 Å². The quantitative estimate of drug-likeness (QED) is 0.844. The van der Waals surface area contributed by atoms with Crippen LogP contribution in [0.1, 0.15) is 11.1 Å². The normalized spacial score (nSPS) is 10.3. The fourth-order valence-corrected chi connectivity index (χ4v) is 1.93. The summed E-state index contributed by atoms with van der Waals surface area (Å²) in [5.41, 5.74) is 2.25. The van der Waals surface area contributed by atoms with E-state index in [2.05, 4.69) is 20.8 Å². The van der Waals surface area contributed by atoms with Crippen LogP contribution in [0.2, 0.25) is 0 Å². The van der Waals surface area contributed by atoms with Crippen LogP contribution in [0.15, 0.2) is 16.6 Å². The highest BCUT2D eigenvalue weighted by Crippen LogP contribution is 2.26. The van der Waals surface area contributed by atoms with Gasteiger partial charge in [-0.3, -0.25) is 0 Å². The van der Waals surface area contributed by atoms with Gasteiger partial charge in [-0.25, -0.2) is 5.90 Å². The van der Waals surface area contributed by atoms with Gasteiger partial charge in [0.1, 0.15) is 5.75 Å². The molecule has 1 aromatic rings. The summed E-state index contributed by atoms with van der Waals surface area (Å²) in [7, 11) is 1.67. The van der Waals surface area contributed by atoms with Crippen molar-refractivity contribution in [1.29, 1.82) is 0 Å². The SMILES string of the molecule is COc1cc(CCON)c(Br)cc1C. The lowest BCUT2D eigenvalue weighted by Crippen LogP contribution is -2.04. The zero-order chi connectivity index (χ0) is 10.6. The highest BCUT2D eigenvalue weighted by molar-refractivity contribution is 9.10. The zero-order valence-electron chi connectivity index (χ0n) is 8.34. The summed E-state index contributed by atoms with van der Waals surface area (Å²) < 4.78 is 6.29. The van der Waals surface area contributed by atoms with Crippen LogP contribution in [0.4, 0.5) is 0 Å². The van der Waals surface area contributed by atoms with Crippen LogP contribution in [-0.4, -0.2) is 13.7 Å². The molecule has 14 heavy (non-hydrogen) atoms. The second kappa shape index (κ2) is 5.34. The van der Waals surface area contributed by atoms with E-state index in [0.29, 0.717) is 6.61 Å². The van der Waals surface area contributed by atoms with Gasteiger partial charge in [-0.15, -0.1) is 0 Å². The van der Waals surface area contributed by atoms with Crippen molar-refractivity contribution in [3.63, 3.8) is 0 Å². The van der Waals surface area contributed by atoms with Crippen molar-refractivity contribution in [2.24, 2.45) is 5.90 Å². The molecular formula is C10H14BrNO2. The van der Waals surface area contributed by atoms with Gasteiger partial charge in [-0.2, -0.15) is 0 Å². The van der Waals surface area contributed by atoms with E-state index < -0.39 is 0 Å². The summed E-state index contributed by atoms with van der Waals surface area (Å²) >= 11 is 3.49. The van der Waals surface area contributed by atoms with Crippen molar-refractivity contribution in [3.05, 3.63) is 27.7 Å². The van der Waals surface area contributed by atoms with E-state index in [-0.39, 0.29) is 0 Å². The van der Waals surface area contributed by atoms with Crippen LogP contribution in [0.5, 0.6) is 5.75 Å². The van der Waals surface area contributed by atoms with Crippen LogP contribution in [0.3, 0.4) is 0 Å². The summed E-state index contributed by atoms with van der Waals surface area (Å²) in [5.74, 6) is 5.87. The van der Waals surface area contributed by atoms with Gasteiger partial charge in [0.05, 0.1) is 13.7 Å². The molecule has 0 spiro atoms. The number of methoxy groups -OCH3 is 1. The zero-order valence-corrected chi connectivity index (χ0v) is 9.93. The van der Waals surface area contributed by atoms with Crippen LogP contribution in [0, 0.1) is 6.92 Å². The summed E-state index contributed by atoms with van der Waals surface area (Å²) in [6.45, 7) is 2.51. The number of aryl methyl sites for hydroxylation is 1. The molecule has 0 amide bonds. The molecule has 1 rings (SSSR count). The third-order valence-corrected chi connectivity index (χ3v) is 2.79. The fourth-order valence-electron chi connectivity index (χ4n) is 1.28. The van der Waals surface area contributed by atoms with Crippen molar-refractivity contribution in [3.8, 4) is 5.75 Å². The van der Waals surface area contributed by atoms with Crippen molar-refractivity contribution in [2.45, 2.75) is 13.3 Å². The Morgan fingerprint density at radius 1 is 1.43 bits per heavy atom. The van der Waals surface area contributed by atoms with Gasteiger partial charge in [-0.05, 0) is 36.6 Å². The maximum absolute atomic E-state index is 5.23. The first-order chi connectivity index (χ1) is 6.69. The van der Waals surface area contributed by atoms with Crippen molar-refractivity contribution in [2.75, 3.05) is 13.7 Å². The maximum Gasteiger partial charge on any atom is 0.122 e. The first-order valence-corrected chi connectivity index (χ1v) is 5.13. The largest absolute Gasteiger partial charge is 0.496 e. The van der Waals surface area contributed by atoms with Crippen molar-refractivity contribution >= 4 is 15.9 Å². The lowest BCUT2D eigenvalue weighted by atomic mass is 10.1. The minimum absolute atomic E-state index is 0.505.